The Morgan fingerprint density at radius 2 is 1.22 bits per heavy atom. The number of para-hydroxylation sites is 2. The Labute approximate surface area is 136 Å². The Morgan fingerprint density at radius 1 is 0.652 bits per heavy atom. The molecule has 3 rings (SSSR count). The molecule has 3 heteroatoms. The minimum absolute atomic E-state index is 0.525. The predicted molar refractivity (Wildman–Crippen MR) is 90.2 cm³/mol. The first-order valence-corrected chi connectivity index (χ1v) is 7.43. The summed E-state index contributed by atoms with van der Waals surface area (Å²) in [5.74, 6) is 2.86. The van der Waals surface area contributed by atoms with Gasteiger partial charge in [-0.15, -0.1) is 0 Å². The fraction of sp³-hybridized carbons (Fsp3) is 0.100. The van der Waals surface area contributed by atoms with Crippen molar-refractivity contribution in [2.45, 2.75) is 6.61 Å². The molecule has 116 valence electrons. The molecule has 0 aliphatic carbocycles. The minimum atomic E-state index is 0.525. The van der Waals surface area contributed by atoms with Crippen molar-refractivity contribution in [2.75, 3.05) is 7.11 Å². The number of methoxy groups -OCH3 is 1. The van der Waals surface area contributed by atoms with E-state index in [4.69, 9.17) is 14.2 Å². The van der Waals surface area contributed by atoms with Gasteiger partial charge in [-0.3, -0.25) is 0 Å². The topological polar surface area (TPSA) is 27.7 Å². The largest absolute Gasteiger partial charge is 0.453 e. The molecule has 0 fully saturated rings. The van der Waals surface area contributed by atoms with Crippen LogP contribution in [-0.4, -0.2) is 7.11 Å². The van der Waals surface area contributed by atoms with Crippen LogP contribution in [0.5, 0.6) is 23.0 Å². The lowest BCUT2D eigenvalue weighted by Gasteiger charge is -2.14. The molecule has 0 saturated carbocycles. The van der Waals surface area contributed by atoms with Crippen LogP contribution in [0.25, 0.3) is 0 Å². The Balaban J connectivity index is 1.90. The number of ether oxygens (including phenoxy) is 3. The van der Waals surface area contributed by atoms with Gasteiger partial charge in [0.2, 0.25) is 0 Å². The smallest absolute Gasteiger partial charge is 0.170 e. The van der Waals surface area contributed by atoms with Crippen LogP contribution in [0.2, 0.25) is 0 Å². The number of rotatable bonds is 6. The molecule has 0 aromatic heterocycles. The quantitative estimate of drug-likeness (QED) is 0.609. The summed E-state index contributed by atoms with van der Waals surface area (Å²) in [7, 11) is 1.67. The fourth-order valence-corrected chi connectivity index (χ4v) is 2.20. The summed E-state index contributed by atoms with van der Waals surface area (Å²) < 4.78 is 17.1. The van der Waals surface area contributed by atoms with E-state index in [9.17, 15) is 0 Å². The van der Waals surface area contributed by atoms with Crippen molar-refractivity contribution < 1.29 is 14.2 Å². The van der Waals surface area contributed by atoms with Crippen molar-refractivity contribution in [3.8, 4) is 23.0 Å². The van der Waals surface area contributed by atoms with E-state index in [-0.39, 0.29) is 0 Å². The van der Waals surface area contributed by atoms with Gasteiger partial charge in [-0.1, -0.05) is 42.5 Å². The maximum Gasteiger partial charge on any atom is 0.170 e. The summed E-state index contributed by atoms with van der Waals surface area (Å²) in [6.45, 7) is 0.525. The van der Waals surface area contributed by atoms with Crippen LogP contribution in [0, 0.1) is 0 Å². The van der Waals surface area contributed by atoms with Crippen molar-refractivity contribution in [1.29, 1.82) is 0 Å². The maximum absolute atomic E-state index is 5.99. The van der Waals surface area contributed by atoms with E-state index in [1.807, 2.05) is 78.9 Å². The van der Waals surface area contributed by atoms with Crippen molar-refractivity contribution in [3.05, 3.63) is 84.4 Å². The molecule has 0 unspecified atom stereocenters. The van der Waals surface area contributed by atoms with Gasteiger partial charge in [-0.25, -0.2) is 0 Å². The number of hydrogen-bond donors (Lipinski definition) is 0. The number of benzene rings is 3. The third-order valence-electron chi connectivity index (χ3n) is 3.26. The molecular formula is C20H18O3. The molecule has 0 radical (unpaired) electrons. The summed E-state index contributed by atoms with van der Waals surface area (Å²) in [6.07, 6.45) is 0. The van der Waals surface area contributed by atoms with Crippen LogP contribution in [-0.2, 0) is 11.3 Å². The van der Waals surface area contributed by atoms with Crippen LogP contribution < -0.4 is 9.47 Å². The first kappa shape index (κ1) is 15.1. The highest BCUT2D eigenvalue weighted by Gasteiger charge is 2.09. The average Bonchev–Trinajstić information content (AvgIpc) is 2.59. The van der Waals surface area contributed by atoms with Crippen molar-refractivity contribution in [1.82, 2.24) is 0 Å². The van der Waals surface area contributed by atoms with Crippen molar-refractivity contribution in [3.63, 3.8) is 0 Å². The van der Waals surface area contributed by atoms with Crippen LogP contribution >= 0.6 is 0 Å². The molecule has 3 aromatic carbocycles. The van der Waals surface area contributed by atoms with Crippen molar-refractivity contribution >= 4 is 0 Å². The van der Waals surface area contributed by atoms with Gasteiger partial charge in [0.25, 0.3) is 0 Å². The molecule has 0 spiro atoms. The van der Waals surface area contributed by atoms with Gasteiger partial charge in [0.15, 0.2) is 11.5 Å². The van der Waals surface area contributed by atoms with E-state index in [1.54, 1.807) is 7.11 Å². The van der Waals surface area contributed by atoms with Crippen LogP contribution in [0.15, 0.2) is 78.9 Å². The first-order valence-electron chi connectivity index (χ1n) is 7.43. The molecule has 0 heterocycles. The second-order valence-corrected chi connectivity index (χ2v) is 5.04. The third-order valence-corrected chi connectivity index (χ3v) is 3.26. The molecule has 3 nitrogen and oxygen atoms in total. The zero-order valence-corrected chi connectivity index (χ0v) is 12.9. The Kier molecular flexibility index (Phi) is 4.92. The van der Waals surface area contributed by atoms with Gasteiger partial charge < -0.3 is 14.2 Å². The highest BCUT2D eigenvalue weighted by Crippen LogP contribution is 2.35. The van der Waals surface area contributed by atoms with Gasteiger partial charge in [0.1, 0.15) is 11.5 Å². The number of hydrogen-bond acceptors (Lipinski definition) is 3. The summed E-state index contributed by atoms with van der Waals surface area (Å²) in [5.41, 5.74) is 1.03. The Bertz CT molecular complexity index is 739. The fourth-order valence-electron chi connectivity index (χ4n) is 2.20. The molecule has 3 aromatic rings. The second-order valence-electron chi connectivity index (χ2n) is 5.04. The van der Waals surface area contributed by atoms with Crippen LogP contribution in [0.1, 0.15) is 5.56 Å². The Hall–Kier alpha value is -2.78. The standard InChI is InChI=1S/C20H18O3/c1-21-15-16-12-13-19(22-17-8-4-2-5-9-17)20(14-16)23-18-10-6-3-7-11-18/h2-14H,15H2,1H3. The molecule has 0 bridgehead atoms. The highest BCUT2D eigenvalue weighted by atomic mass is 16.5. The molecule has 0 aliphatic rings. The van der Waals surface area contributed by atoms with E-state index in [2.05, 4.69) is 0 Å². The van der Waals surface area contributed by atoms with Crippen LogP contribution in [0.3, 0.4) is 0 Å². The average molecular weight is 306 g/mol. The van der Waals surface area contributed by atoms with Crippen molar-refractivity contribution in [2.24, 2.45) is 0 Å². The Morgan fingerprint density at radius 3 is 1.78 bits per heavy atom. The molecular weight excluding hydrogens is 288 g/mol. The van der Waals surface area contributed by atoms with Gasteiger partial charge in [0, 0.05) is 7.11 Å². The maximum atomic E-state index is 5.99. The lowest BCUT2D eigenvalue weighted by atomic mass is 10.2. The molecule has 0 atom stereocenters. The predicted octanol–water partition coefficient (Wildman–Crippen LogP) is 5.42. The minimum Gasteiger partial charge on any atom is -0.453 e. The van der Waals surface area contributed by atoms with E-state index in [1.165, 1.54) is 0 Å². The molecule has 0 amide bonds. The summed E-state index contributed by atoms with van der Waals surface area (Å²) >= 11 is 0. The zero-order chi connectivity index (χ0) is 15.9. The molecule has 23 heavy (non-hydrogen) atoms. The second kappa shape index (κ2) is 7.47. The van der Waals surface area contributed by atoms with E-state index >= 15 is 0 Å². The van der Waals surface area contributed by atoms with E-state index in [0.717, 1.165) is 17.1 Å². The zero-order valence-electron chi connectivity index (χ0n) is 12.9. The SMILES string of the molecule is COCc1ccc(Oc2ccccc2)c(Oc2ccccc2)c1. The molecule has 0 saturated heterocycles. The molecule has 0 N–H and O–H groups in total. The summed E-state index contributed by atoms with van der Waals surface area (Å²) in [4.78, 5) is 0. The molecule has 0 aliphatic heterocycles. The van der Waals surface area contributed by atoms with E-state index < -0.39 is 0 Å². The van der Waals surface area contributed by atoms with Gasteiger partial charge in [-0.2, -0.15) is 0 Å². The van der Waals surface area contributed by atoms with Gasteiger partial charge in [0.05, 0.1) is 6.61 Å². The lowest BCUT2D eigenvalue weighted by molar-refractivity contribution is 0.184. The van der Waals surface area contributed by atoms with E-state index in [0.29, 0.717) is 18.1 Å². The van der Waals surface area contributed by atoms with Gasteiger partial charge >= 0.3 is 0 Å². The van der Waals surface area contributed by atoms with Crippen LogP contribution in [0.4, 0.5) is 0 Å². The normalized spacial score (nSPS) is 10.3. The van der Waals surface area contributed by atoms with Gasteiger partial charge in [-0.05, 0) is 42.0 Å². The first-order chi connectivity index (χ1) is 11.3. The monoisotopic (exact) mass is 306 g/mol. The third kappa shape index (κ3) is 4.11. The summed E-state index contributed by atoms with van der Waals surface area (Å²) in [6, 6.07) is 25.1. The lowest BCUT2D eigenvalue weighted by Crippen LogP contribution is -1.94. The highest BCUT2D eigenvalue weighted by molar-refractivity contribution is 5.47. The summed E-state index contributed by atoms with van der Waals surface area (Å²) in [5, 5.41) is 0.